The van der Waals surface area contributed by atoms with Crippen molar-refractivity contribution in [3.05, 3.63) is 54.2 Å². The minimum atomic E-state index is -0.152. The third-order valence-electron chi connectivity index (χ3n) is 4.15. The van der Waals surface area contributed by atoms with Crippen molar-refractivity contribution in [2.24, 2.45) is 0 Å². The molecular formula is C17H18BN. The summed E-state index contributed by atoms with van der Waals surface area (Å²) in [6.45, 7) is 0. The van der Waals surface area contributed by atoms with Crippen LogP contribution < -0.4 is 0 Å². The van der Waals surface area contributed by atoms with Gasteiger partial charge in [-0.05, 0) is 16.9 Å². The molecule has 2 aromatic rings. The maximum absolute atomic E-state index is 6.53. The van der Waals surface area contributed by atoms with Crippen LogP contribution in [0.5, 0.6) is 0 Å². The molecule has 2 heteroatoms. The lowest BCUT2D eigenvalue weighted by molar-refractivity contribution is 0.397. The van der Waals surface area contributed by atoms with Gasteiger partial charge in [-0.3, -0.25) is 4.98 Å². The van der Waals surface area contributed by atoms with Crippen LogP contribution in [0.25, 0.3) is 11.3 Å². The molecule has 1 saturated carbocycles. The number of hydrogen-bond acceptors (Lipinski definition) is 1. The van der Waals surface area contributed by atoms with Crippen molar-refractivity contribution < 1.29 is 0 Å². The van der Waals surface area contributed by atoms with E-state index in [1.54, 1.807) is 0 Å². The van der Waals surface area contributed by atoms with E-state index in [1.165, 1.54) is 24.8 Å². The summed E-state index contributed by atoms with van der Waals surface area (Å²) in [6.07, 6.45) is 7.91. The van der Waals surface area contributed by atoms with Gasteiger partial charge in [-0.15, -0.1) is 0 Å². The molecule has 1 aromatic carbocycles. The zero-order chi connectivity index (χ0) is 13.1. The average Bonchev–Trinajstić information content (AvgIpc) is 2.49. The molecule has 0 bridgehead atoms. The molecule has 1 heterocycles. The van der Waals surface area contributed by atoms with E-state index in [1.807, 2.05) is 24.4 Å². The van der Waals surface area contributed by atoms with Gasteiger partial charge in [-0.1, -0.05) is 68.5 Å². The first-order valence-corrected chi connectivity index (χ1v) is 7.09. The van der Waals surface area contributed by atoms with Crippen LogP contribution in [0, 0.1) is 0 Å². The van der Waals surface area contributed by atoms with Crippen LogP contribution in [0.2, 0.25) is 0 Å². The highest BCUT2D eigenvalue weighted by Gasteiger charge is 2.28. The SMILES string of the molecule is [B]C1(c2ccc(-c3ccccc3)nc2)CCCCC1. The van der Waals surface area contributed by atoms with E-state index in [2.05, 4.69) is 29.2 Å². The van der Waals surface area contributed by atoms with Gasteiger partial charge in [0, 0.05) is 11.8 Å². The average molecular weight is 247 g/mol. The van der Waals surface area contributed by atoms with Gasteiger partial charge in [0.15, 0.2) is 0 Å². The van der Waals surface area contributed by atoms with Crippen molar-refractivity contribution in [2.45, 2.75) is 37.4 Å². The zero-order valence-electron chi connectivity index (χ0n) is 11.2. The molecule has 0 spiro atoms. The molecule has 1 aromatic heterocycles. The Balaban J connectivity index is 1.87. The van der Waals surface area contributed by atoms with Gasteiger partial charge < -0.3 is 0 Å². The Morgan fingerprint density at radius 1 is 0.895 bits per heavy atom. The first kappa shape index (κ1) is 12.5. The standard InChI is InChI=1S/C17H18BN/c18-17(11-5-2-6-12-17)15-9-10-16(19-13-15)14-7-3-1-4-8-14/h1,3-4,7-10,13H,2,5-6,11-12H2. The molecule has 0 unspecified atom stereocenters. The highest BCUT2D eigenvalue weighted by molar-refractivity contribution is 6.16. The Bertz CT molecular complexity index is 527. The molecule has 1 fully saturated rings. The minimum absolute atomic E-state index is 0.152. The van der Waals surface area contributed by atoms with Crippen molar-refractivity contribution in [1.82, 2.24) is 4.98 Å². The van der Waals surface area contributed by atoms with Gasteiger partial charge in [0.05, 0.1) is 13.5 Å². The van der Waals surface area contributed by atoms with Crippen molar-refractivity contribution in [3.63, 3.8) is 0 Å². The first-order valence-electron chi connectivity index (χ1n) is 7.09. The lowest BCUT2D eigenvalue weighted by Crippen LogP contribution is -2.29. The van der Waals surface area contributed by atoms with Crippen molar-refractivity contribution in [3.8, 4) is 11.3 Å². The lowest BCUT2D eigenvalue weighted by atomic mass is 9.57. The third-order valence-corrected chi connectivity index (χ3v) is 4.15. The summed E-state index contributed by atoms with van der Waals surface area (Å²) in [4.78, 5) is 4.59. The van der Waals surface area contributed by atoms with E-state index in [0.717, 1.165) is 24.1 Å². The Kier molecular flexibility index (Phi) is 3.41. The lowest BCUT2D eigenvalue weighted by Gasteiger charge is -2.34. The summed E-state index contributed by atoms with van der Waals surface area (Å²) in [7, 11) is 6.53. The van der Waals surface area contributed by atoms with Crippen molar-refractivity contribution in [2.75, 3.05) is 0 Å². The fraction of sp³-hybridized carbons (Fsp3) is 0.353. The largest absolute Gasteiger partial charge is 0.256 e. The van der Waals surface area contributed by atoms with Gasteiger partial charge in [0.1, 0.15) is 0 Å². The van der Waals surface area contributed by atoms with Crippen LogP contribution >= 0.6 is 0 Å². The highest BCUT2D eigenvalue weighted by Crippen LogP contribution is 2.36. The van der Waals surface area contributed by atoms with E-state index >= 15 is 0 Å². The van der Waals surface area contributed by atoms with Crippen LogP contribution in [0.15, 0.2) is 48.7 Å². The number of nitrogens with zero attached hydrogens (tertiary/aromatic N) is 1. The molecule has 94 valence electrons. The van der Waals surface area contributed by atoms with Crippen LogP contribution in [0.3, 0.4) is 0 Å². The predicted molar refractivity (Wildman–Crippen MR) is 80.2 cm³/mol. The number of aromatic nitrogens is 1. The molecule has 3 rings (SSSR count). The summed E-state index contributed by atoms with van der Waals surface area (Å²) < 4.78 is 0. The van der Waals surface area contributed by atoms with E-state index in [9.17, 15) is 0 Å². The molecule has 0 aliphatic heterocycles. The van der Waals surface area contributed by atoms with E-state index in [-0.39, 0.29) is 5.31 Å². The normalized spacial score (nSPS) is 18.1. The van der Waals surface area contributed by atoms with Crippen LogP contribution in [0.1, 0.15) is 37.7 Å². The van der Waals surface area contributed by atoms with E-state index < -0.39 is 0 Å². The number of rotatable bonds is 2. The van der Waals surface area contributed by atoms with Crippen LogP contribution in [-0.4, -0.2) is 12.8 Å². The maximum atomic E-state index is 6.53. The second-order valence-electron chi connectivity index (χ2n) is 5.51. The molecular weight excluding hydrogens is 229 g/mol. The Morgan fingerprint density at radius 3 is 2.26 bits per heavy atom. The molecule has 0 atom stereocenters. The number of benzene rings is 1. The van der Waals surface area contributed by atoms with Crippen LogP contribution in [-0.2, 0) is 5.31 Å². The van der Waals surface area contributed by atoms with Gasteiger partial charge >= 0.3 is 0 Å². The minimum Gasteiger partial charge on any atom is -0.256 e. The van der Waals surface area contributed by atoms with E-state index in [0.29, 0.717) is 0 Å². The number of hydrogen-bond donors (Lipinski definition) is 0. The van der Waals surface area contributed by atoms with Crippen LogP contribution in [0.4, 0.5) is 0 Å². The Morgan fingerprint density at radius 2 is 1.63 bits per heavy atom. The quantitative estimate of drug-likeness (QED) is 0.729. The fourth-order valence-electron chi connectivity index (χ4n) is 2.94. The maximum Gasteiger partial charge on any atom is 0.0811 e. The highest BCUT2D eigenvalue weighted by atomic mass is 14.7. The summed E-state index contributed by atoms with van der Waals surface area (Å²) >= 11 is 0. The van der Waals surface area contributed by atoms with Gasteiger partial charge in [0.25, 0.3) is 0 Å². The molecule has 1 aliphatic rings. The predicted octanol–water partition coefficient (Wildman–Crippen LogP) is 4.08. The topological polar surface area (TPSA) is 12.9 Å². The van der Waals surface area contributed by atoms with E-state index in [4.69, 9.17) is 7.85 Å². The second-order valence-corrected chi connectivity index (χ2v) is 5.51. The second kappa shape index (κ2) is 5.20. The molecule has 0 N–H and O–H groups in total. The Labute approximate surface area is 116 Å². The molecule has 1 nitrogen and oxygen atoms in total. The monoisotopic (exact) mass is 247 g/mol. The molecule has 2 radical (unpaired) electrons. The van der Waals surface area contributed by atoms with Gasteiger partial charge in [0.2, 0.25) is 0 Å². The Hall–Kier alpha value is -1.57. The van der Waals surface area contributed by atoms with Gasteiger partial charge in [-0.25, -0.2) is 0 Å². The molecule has 19 heavy (non-hydrogen) atoms. The van der Waals surface area contributed by atoms with Gasteiger partial charge in [-0.2, -0.15) is 0 Å². The van der Waals surface area contributed by atoms with Crippen molar-refractivity contribution in [1.29, 1.82) is 0 Å². The summed E-state index contributed by atoms with van der Waals surface area (Å²) in [6, 6.07) is 14.5. The fourth-order valence-corrected chi connectivity index (χ4v) is 2.94. The molecule has 0 saturated heterocycles. The summed E-state index contributed by atoms with van der Waals surface area (Å²) in [5.74, 6) is 0. The summed E-state index contributed by atoms with van der Waals surface area (Å²) in [5, 5.41) is -0.152. The summed E-state index contributed by atoms with van der Waals surface area (Å²) in [5.41, 5.74) is 3.36. The zero-order valence-corrected chi connectivity index (χ0v) is 11.2. The van der Waals surface area contributed by atoms with Crippen molar-refractivity contribution >= 4 is 7.85 Å². The molecule has 1 aliphatic carbocycles. The first-order chi connectivity index (χ1) is 9.28. The number of pyridine rings is 1. The third kappa shape index (κ3) is 2.58. The molecule has 0 amide bonds. The smallest absolute Gasteiger partial charge is 0.0811 e.